The molecule has 128 valence electrons. The van der Waals surface area contributed by atoms with Crippen LogP contribution >= 0.6 is 11.8 Å². The van der Waals surface area contributed by atoms with Gasteiger partial charge in [0, 0.05) is 10.6 Å². The Hall–Kier alpha value is -1.33. The van der Waals surface area contributed by atoms with Gasteiger partial charge in [-0.2, -0.15) is 0 Å². The molecule has 4 heteroatoms. The minimum atomic E-state index is -0.553. The second kappa shape index (κ2) is 8.17. The lowest BCUT2D eigenvalue weighted by Gasteiger charge is -2.17. The second-order valence-electron chi connectivity index (χ2n) is 6.34. The molecule has 2 unspecified atom stereocenters. The van der Waals surface area contributed by atoms with Gasteiger partial charge in [0.25, 0.3) is 0 Å². The van der Waals surface area contributed by atoms with E-state index in [9.17, 15) is 0 Å². The fraction of sp³-hybridized carbons (Fsp3) is 0.400. The molecule has 0 bridgehead atoms. The molecule has 2 atom stereocenters. The first-order valence-electron chi connectivity index (χ1n) is 8.27. The minimum Gasteiger partial charge on any atom is -0.374 e. The minimum absolute atomic E-state index is 0.0287. The molecule has 0 aromatic heterocycles. The number of ether oxygens (including phenoxy) is 3. The zero-order chi connectivity index (χ0) is 16.8. The molecule has 1 aliphatic rings. The van der Waals surface area contributed by atoms with E-state index in [4.69, 9.17) is 14.2 Å². The molecule has 1 saturated heterocycles. The van der Waals surface area contributed by atoms with Crippen LogP contribution in [0.5, 0.6) is 0 Å². The zero-order valence-electron chi connectivity index (χ0n) is 14.2. The molecule has 1 heterocycles. The van der Waals surface area contributed by atoms with Crippen molar-refractivity contribution in [3.8, 4) is 0 Å². The van der Waals surface area contributed by atoms with Gasteiger partial charge >= 0.3 is 0 Å². The predicted molar refractivity (Wildman–Crippen MR) is 97.1 cm³/mol. The monoisotopic (exact) mass is 344 g/mol. The molecule has 1 fully saturated rings. The summed E-state index contributed by atoms with van der Waals surface area (Å²) < 4.78 is 18.0. The summed E-state index contributed by atoms with van der Waals surface area (Å²) in [5.74, 6) is 0.301. The maximum Gasteiger partial charge on any atom is 0.163 e. The molecule has 1 aliphatic heterocycles. The van der Waals surface area contributed by atoms with E-state index in [0.717, 1.165) is 5.75 Å². The van der Waals surface area contributed by atoms with Crippen molar-refractivity contribution < 1.29 is 14.2 Å². The number of hydrogen-bond donors (Lipinski definition) is 0. The summed E-state index contributed by atoms with van der Waals surface area (Å²) in [6.45, 7) is 5.06. The molecule has 2 aromatic rings. The van der Waals surface area contributed by atoms with Crippen LogP contribution in [0.4, 0.5) is 0 Å². The molecule has 0 spiro atoms. The Balaban J connectivity index is 1.51. The first-order chi connectivity index (χ1) is 11.6. The van der Waals surface area contributed by atoms with Gasteiger partial charge in [0.15, 0.2) is 5.79 Å². The quantitative estimate of drug-likeness (QED) is 0.691. The lowest BCUT2D eigenvalue weighted by atomic mass is 10.2. The molecule has 0 saturated carbocycles. The summed E-state index contributed by atoms with van der Waals surface area (Å²) in [5.41, 5.74) is 1.17. The van der Waals surface area contributed by atoms with Crippen molar-refractivity contribution in [2.24, 2.45) is 0 Å². The maximum atomic E-state index is 6.06. The predicted octanol–water partition coefficient (Wildman–Crippen LogP) is 4.52. The molecule has 2 aromatic carbocycles. The van der Waals surface area contributed by atoms with Gasteiger partial charge in [-0.3, -0.25) is 0 Å². The highest BCUT2D eigenvalue weighted by atomic mass is 32.2. The van der Waals surface area contributed by atoms with Gasteiger partial charge in [0.05, 0.1) is 19.3 Å². The van der Waals surface area contributed by atoms with Gasteiger partial charge in [-0.1, -0.05) is 48.5 Å². The maximum absolute atomic E-state index is 6.06. The van der Waals surface area contributed by atoms with Gasteiger partial charge in [0.2, 0.25) is 0 Å². The summed E-state index contributed by atoms with van der Waals surface area (Å²) in [6.07, 6.45) is -0.0131. The van der Waals surface area contributed by atoms with E-state index >= 15 is 0 Å². The first kappa shape index (κ1) is 17.5. The Labute approximate surface area is 148 Å². The molecule has 0 radical (unpaired) electrons. The Morgan fingerprint density at radius 2 is 1.54 bits per heavy atom. The van der Waals surface area contributed by atoms with E-state index in [2.05, 4.69) is 36.4 Å². The van der Waals surface area contributed by atoms with Crippen LogP contribution < -0.4 is 0 Å². The van der Waals surface area contributed by atoms with Crippen molar-refractivity contribution >= 4 is 11.8 Å². The van der Waals surface area contributed by atoms with Crippen LogP contribution in [-0.2, 0) is 20.8 Å². The molecule has 3 nitrogen and oxygen atoms in total. The Bertz CT molecular complexity index is 615. The van der Waals surface area contributed by atoms with Crippen LogP contribution in [0.1, 0.15) is 19.4 Å². The lowest BCUT2D eigenvalue weighted by Crippen LogP contribution is -2.29. The summed E-state index contributed by atoms with van der Waals surface area (Å²) in [7, 11) is 0. The Kier molecular flexibility index (Phi) is 5.95. The van der Waals surface area contributed by atoms with E-state index in [0.29, 0.717) is 13.2 Å². The third-order valence-electron chi connectivity index (χ3n) is 3.84. The molecule has 0 aliphatic carbocycles. The summed E-state index contributed by atoms with van der Waals surface area (Å²) in [6, 6.07) is 20.6. The van der Waals surface area contributed by atoms with Crippen molar-refractivity contribution in [1.29, 1.82) is 0 Å². The molecule has 0 N–H and O–H groups in total. The Morgan fingerprint density at radius 1 is 0.917 bits per heavy atom. The molecule has 24 heavy (non-hydrogen) atoms. The average molecular weight is 344 g/mol. The summed E-state index contributed by atoms with van der Waals surface area (Å²) >= 11 is 1.79. The standard InChI is InChI=1S/C20H24O3S/c1-20(2)22-18(14-21-13-16-9-5-3-6-10-16)19(23-20)15-24-17-11-7-4-8-12-17/h3-12,18-19H,13-15H2,1-2H3. The lowest BCUT2D eigenvalue weighted by molar-refractivity contribution is -0.150. The van der Waals surface area contributed by atoms with E-state index in [1.807, 2.05) is 38.1 Å². The smallest absolute Gasteiger partial charge is 0.163 e. The van der Waals surface area contributed by atoms with Gasteiger partial charge in [-0.15, -0.1) is 11.8 Å². The van der Waals surface area contributed by atoms with E-state index < -0.39 is 5.79 Å². The highest BCUT2D eigenvalue weighted by Crippen LogP contribution is 2.32. The topological polar surface area (TPSA) is 27.7 Å². The number of thioether (sulfide) groups is 1. The molecular weight excluding hydrogens is 320 g/mol. The van der Waals surface area contributed by atoms with Crippen LogP contribution in [0, 0.1) is 0 Å². The summed E-state index contributed by atoms with van der Waals surface area (Å²) in [5, 5.41) is 0. The third kappa shape index (κ3) is 5.08. The first-order valence-corrected chi connectivity index (χ1v) is 9.26. The van der Waals surface area contributed by atoms with Gasteiger partial charge < -0.3 is 14.2 Å². The van der Waals surface area contributed by atoms with Gasteiger partial charge in [-0.25, -0.2) is 0 Å². The Morgan fingerprint density at radius 3 is 2.25 bits per heavy atom. The summed E-state index contributed by atoms with van der Waals surface area (Å²) in [4.78, 5) is 1.25. The third-order valence-corrected chi connectivity index (χ3v) is 4.94. The van der Waals surface area contributed by atoms with E-state index in [1.54, 1.807) is 11.8 Å². The SMILES string of the molecule is CC1(C)OC(COCc2ccccc2)C(CSc2ccccc2)O1. The average Bonchev–Trinajstić information content (AvgIpc) is 2.89. The van der Waals surface area contributed by atoms with Crippen molar-refractivity contribution in [3.05, 3.63) is 66.2 Å². The van der Waals surface area contributed by atoms with Crippen LogP contribution in [0.15, 0.2) is 65.6 Å². The number of benzene rings is 2. The highest BCUT2D eigenvalue weighted by Gasteiger charge is 2.41. The van der Waals surface area contributed by atoms with E-state index in [-0.39, 0.29) is 12.2 Å². The van der Waals surface area contributed by atoms with Crippen LogP contribution in [0.25, 0.3) is 0 Å². The zero-order valence-corrected chi connectivity index (χ0v) is 15.0. The van der Waals surface area contributed by atoms with E-state index in [1.165, 1.54) is 10.5 Å². The number of rotatable bonds is 7. The fourth-order valence-corrected chi connectivity index (χ4v) is 3.74. The van der Waals surface area contributed by atoms with Gasteiger partial charge in [0.1, 0.15) is 6.10 Å². The largest absolute Gasteiger partial charge is 0.374 e. The molecular formula is C20H24O3S. The van der Waals surface area contributed by atoms with Crippen LogP contribution in [-0.4, -0.2) is 30.4 Å². The normalized spacial score (nSPS) is 22.6. The van der Waals surface area contributed by atoms with Crippen molar-refractivity contribution in [1.82, 2.24) is 0 Å². The van der Waals surface area contributed by atoms with Crippen LogP contribution in [0.3, 0.4) is 0 Å². The van der Waals surface area contributed by atoms with Crippen molar-refractivity contribution in [2.45, 2.75) is 43.3 Å². The van der Waals surface area contributed by atoms with Crippen molar-refractivity contribution in [2.75, 3.05) is 12.4 Å². The molecule has 0 amide bonds. The second-order valence-corrected chi connectivity index (χ2v) is 7.43. The van der Waals surface area contributed by atoms with Gasteiger partial charge in [-0.05, 0) is 31.5 Å². The number of hydrogen-bond acceptors (Lipinski definition) is 4. The van der Waals surface area contributed by atoms with Crippen LogP contribution in [0.2, 0.25) is 0 Å². The fourth-order valence-electron chi connectivity index (χ4n) is 2.75. The highest BCUT2D eigenvalue weighted by molar-refractivity contribution is 7.99. The van der Waals surface area contributed by atoms with Crippen molar-refractivity contribution in [3.63, 3.8) is 0 Å². The molecule has 3 rings (SSSR count).